The molecule has 0 N–H and O–H groups in total. The molecule has 2 heterocycles. The third kappa shape index (κ3) is 5.21. The van der Waals surface area contributed by atoms with E-state index < -0.39 is 5.41 Å². The molecule has 0 unspecified atom stereocenters. The van der Waals surface area contributed by atoms with Gasteiger partial charge in [0.05, 0.1) is 5.41 Å². The van der Waals surface area contributed by atoms with Gasteiger partial charge in [-0.1, -0.05) is 188 Å². The number of hydrogen-bond acceptors (Lipinski definition) is 4. The summed E-state index contributed by atoms with van der Waals surface area (Å²) < 4.78 is 6.69. The fourth-order valence-electron chi connectivity index (χ4n) is 9.55. The smallest absolute Gasteiger partial charge is 0.164 e. The van der Waals surface area contributed by atoms with Gasteiger partial charge in [-0.3, -0.25) is 0 Å². The summed E-state index contributed by atoms with van der Waals surface area (Å²) in [5.74, 6) is 3.65. The van der Waals surface area contributed by atoms with E-state index in [1.807, 2.05) is 18.2 Å². The van der Waals surface area contributed by atoms with Crippen LogP contribution in [0.2, 0.25) is 0 Å². The van der Waals surface area contributed by atoms with Crippen molar-refractivity contribution in [2.75, 3.05) is 0 Å². The van der Waals surface area contributed by atoms with Crippen molar-refractivity contribution < 1.29 is 4.74 Å². The second-order valence-corrected chi connectivity index (χ2v) is 15.5. The molecule has 0 atom stereocenters. The van der Waals surface area contributed by atoms with Crippen LogP contribution in [-0.2, 0) is 5.41 Å². The van der Waals surface area contributed by atoms with Gasteiger partial charge in [0.1, 0.15) is 11.5 Å². The molecular formula is C56H35N3O. The maximum absolute atomic E-state index is 6.69. The van der Waals surface area contributed by atoms with Crippen molar-refractivity contribution in [3.8, 4) is 79.0 Å². The minimum Gasteiger partial charge on any atom is -0.457 e. The van der Waals surface area contributed by atoms with Crippen molar-refractivity contribution in [1.82, 2.24) is 15.0 Å². The highest BCUT2D eigenvalue weighted by Crippen LogP contribution is 2.62. The highest BCUT2D eigenvalue weighted by atomic mass is 16.5. The third-order valence-corrected chi connectivity index (χ3v) is 12.2. The summed E-state index contributed by atoms with van der Waals surface area (Å²) in [5, 5.41) is 2.24. The monoisotopic (exact) mass is 765 g/mol. The number of aromatic nitrogens is 3. The fourth-order valence-corrected chi connectivity index (χ4v) is 9.55. The van der Waals surface area contributed by atoms with Gasteiger partial charge in [0.15, 0.2) is 17.5 Å². The van der Waals surface area contributed by atoms with Crippen molar-refractivity contribution in [1.29, 1.82) is 0 Å². The summed E-state index contributed by atoms with van der Waals surface area (Å²) in [6.45, 7) is 0. The van der Waals surface area contributed by atoms with Crippen molar-refractivity contribution in [2.24, 2.45) is 0 Å². The molecule has 12 rings (SSSR count). The van der Waals surface area contributed by atoms with E-state index in [0.29, 0.717) is 17.5 Å². The van der Waals surface area contributed by atoms with Crippen molar-refractivity contribution >= 4 is 10.8 Å². The first kappa shape index (κ1) is 34.1. The van der Waals surface area contributed by atoms with E-state index in [2.05, 4.69) is 194 Å². The van der Waals surface area contributed by atoms with Crippen LogP contribution in [-0.4, -0.2) is 15.0 Å². The lowest BCUT2D eigenvalue weighted by atomic mass is 9.66. The van der Waals surface area contributed by atoms with Crippen molar-refractivity contribution in [3.05, 3.63) is 235 Å². The molecule has 1 spiro atoms. The minimum absolute atomic E-state index is 0.522. The first-order chi connectivity index (χ1) is 29.7. The molecule has 4 nitrogen and oxygen atoms in total. The Balaban J connectivity index is 0.982. The molecule has 0 fully saturated rings. The minimum atomic E-state index is -0.522. The topological polar surface area (TPSA) is 47.9 Å². The van der Waals surface area contributed by atoms with Crippen LogP contribution in [0.25, 0.3) is 78.3 Å². The average Bonchev–Trinajstić information content (AvgIpc) is 3.62. The summed E-state index contributed by atoms with van der Waals surface area (Å²) >= 11 is 0. The molecule has 0 bridgehead atoms. The van der Waals surface area contributed by atoms with Crippen LogP contribution in [0.5, 0.6) is 11.5 Å². The van der Waals surface area contributed by atoms with Crippen LogP contribution >= 0.6 is 0 Å². The highest BCUT2D eigenvalue weighted by Gasteiger charge is 2.51. The molecule has 0 saturated heterocycles. The second kappa shape index (κ2) is 13.6. The third-order valence-electron chi connectivity index (χ3n) is 12.2. The fraction of sp³-hybridized carbons (Fsp3) is 0.0179. The Morgan fingerprint density at radius 1 is 0.283 bits per heavy atom. The number of fused-ring (bicyclic) bond motifs is 10. The Morgan fingerprint density at radius 2 is 0.750 bits per heavy atom. The molecule has 280 valence electrons. The normalized spacial score (nSPS) is 12.9. The Kier molecular flexibility index (Phi) is 7.72. The number of ether oxygens (including phenoxy) is 1. The van der Waals surface area contributed by atoms with Crippen molar-refractivity contribution in [3.63, 3.8) is 0 Å². The largest absolute Gasteiger partial charge is 0.457 e. The Morgan fingerprint density at radius 3 is 1.43 bits per heavy atom. The molecule has 1 aliphatic heterocycles. The first-order valence-corrected chi connectivity index (χ1v) is 20.4. The maximum atomic E-state index is 6.69. The molecule has 1 aliphatic carbocycles. The van der Waals surface area contributed by atoms with E-state index >= 15 is 0 Å². The van der Waals surface area contributed by atoms with Crippen LogP contribution in [0.15, 0.2) is 212 Å². The van der Waals surface area contributed by atoms with Crippen molar-refractivity contribution in [2.45, 2.75) is 5.41 Å². The summed E-state index contributed by atoms with van der Waals surface area (Å²) in [4.78, 5) is 15.4. The Labute approximate surface area is 348 Å². The molecule has 0 saturated carbocycles. The van der Waals surface area contributed by atoms with E-state index in [-0.39, 0.29) is 0 Å². The molecule has 60 heavy (non-hydrogen) atoms. The van der Waals surface area contributed by atoms with Crippen LogP contribution in [0.4, 0.5) is 0 Å². The van der Waals surface area contributed by atoms with E-state index in [0.717, 1.165) is 61.2 Å². The van der Waals surface area contributed by atoms with Gasteiger partial charge < -0.3 is 4.74 Å². The van der Waals surface area contributed by atoms with E-state index in [4.69, 9.17) is 19.7 Å². The van der Waals surface area contributed by atoms with Gasteiger partial charge in [0, 0.05) is 27.8 Å². The van der Waals surface area contributed by atoms with Gasteiger partial charge in [0.2, 0.25) is 0 Å². The van der Waals surface area contributed by atoms with Gasteiger partial charge in [-0.25, -0.2) is 15.0 Å². The first-order valence-electron chi connectivity index (χ1n) is 20.4. The average molecular weight is 766 g/mol. The number of para-hydroxylation sites is 1. The zero-order valence-corrected chi connectivity index (χ0v) is 32.5. The molecule has 10 aromatic rings. The predicted molar refractivity (Wildman–Crippen MR) is 242 cm³/mol. The molecule has 9 aromatic carbocycles. The Bertz CT molecular complexity index is 3240. The summed E-state index contributed by atoms with van der Waals surface area (Å²) in [6, 6.07) is 74.9. The molecule has 2 aliphatic rings. The second-order valence-electron chi connectivity index (χ2n) is 15.5. The number of hydrogen-bond donors (Lipinski definition) is 0. The molecule has 1 aromatic heterocycles. The standard InChI is InChI=1S/C56H35N3O/c1-3-15-37(16-4-1)41-32-33-46(43-20-8-7-19-42(41)43)55-58-53(38-17-5-2-6-18-38)57-54(59-55)39-29-27-36(28-30-39)40-31-34-52-50(35-40)56(49-25-13-14-26-51(49)60-52)47-23-11-9-21-44(47)45-22-10-12-24-48(45)56/h1-35H. The highest BCUT2D eigenvalue weighted by molar-refractivity contribution is 6.04. The van der Waals surface area contributed by atoms with E-state index in [1.54, 1.807) is 0 Å². The lowest BCUT2D eigenvalue weighted by Gasteiger charge is -2.39. The number of benzene rings is 9. The predicted octanol–water partition coefficient (Wildman–Crippen LogP) is 13.8. The lowest BCUT2D eigenvalue weighted by Crippen LogP contribution is -2.32. The summed E-state index contributed by atoms with van der Waals surface area (Å²) in [5.41, 5.74) is 14.2. The van der Waals surface area contributed by atoms with E-state index in [1.165, 1.54) is 33.4 Å². The quantitative estimate of drug-likeness (QED) is 0.175. The van der Waals surface area contributed by atoms with Gasteiger partial charge in [-0.05, 0) is 79.5 Å². The molecular weight excluding hydrogens is 731 g/mol. The van der Waals surface area contributed by atoms with E-state index in [9.17, 15) is 0 Å². The van der Waals surface area contributed by atoms with Gasteiger partial charge in [0.25, 0.3) is 0 Å². The zero-order chi connectivity index (χ0) is 39.6. The summed E-state index contributed by atoms with van der Waals surface area (Å²) in [7, 11) is 0. The van der Waals surface area contributed by atoms with Crippen LogP contribution < -0.4 is 4.74 Å². The van der Waals surface area contributed by atoms with Crippen LogP contribution in [0, 0.1) is 0 Å². The van der Waals surface area contributed by atoms with Crippen LogP contribution in [0.3, 0.4) is 0 Å². The molecule has 0 radical (unpaired) electrons. The SMILES string of the molecule is c1ccc(-c2nc(-c3ccc(-c4ccc5c(c4)C4(c6ccccc6O5)c5ccccc5-c5ccccc54)cc3)nc(-c3ccc(-c4ccccc4)c4ccccc34)n2)cc1. The van der Waals surface area contributed by atoms with Gasteiger partial charge in [-0.15, -0.1) is 0 Å². The number of rotatable bonds is 5. The zero-order valence-electron chi connectivity index (χ0n) is 32.5. The molecule has 4 heteroatoms. The number of nitrogens with zero attached hydrogens (tertiary/aromatic N) is 3. The van der Waals surface area contributed by atoms with Crippen LogP contribution in [0.1, 0.15) is 22.3 Å². The maximum Gasteiger partial charge on any atom is 0.164 e. The van der Waals surface area contributed by atoms with Gasteiger partial charge >= 0.3 is 0 Å². The lowest BCUT2D eigenvalue weighted by molar-refractivity contribution is 0.436. The summed E-state index contributed by atoms with van der Waals surface area (Å²) in [6.07, 6.45) is 0. The van der Waals surface area contributed by atoms with Gasteiger partial charge in [-0.2, -0.15) is 0 Å². The molecule has 0 amide bonds. The Hall–Kier alpha value is -7.95.